The van der Waals surface area contributed by atoms with Gasteiger partial charge in [0.1, 0.15) is 0 Å². The van der Waals surface area contributed by atoms with E-state index in [9.17, 15) is 0 Å². The van der Waals surface area contributed by atoms with Crippen LogP contribution in [0.25, 0.3) is 0 Å². The van der Waals surface area contributed by atoms with Gasteiger partial charge in [-0.2, -0.15) is 0 Å². The first-order valence-electron chi connectivity index (χ1n) is 5.06. The first-order valence-corrected chi connectivity index (χ1v) is 5.49. The van der Waals surface area contributed by atoms with Gasteiger partial charge in [-0.3, -0.25) is 0 Å². The Morgan fingerprint density at radius 2 is 1.92 bits per heavy atom. The van der Waals surface area contributed by atoms with E-state index in [2.05, 4.69) is 11.3 Å². The molecule has 12 heavy (non-hydrogen) atoms. The molecule has 1 aliphatic carbocycles. The number of likely N-dealkylation sites (tertiary alicyclic amines) is 1. The summed E-state index contributed by atoms with van der Waals surface area (Å²) >= 11 is 6.09. The van der Waals surface area contributed by atoms with Crippen LogP contribution in [0.3, 0.4) is 0 Å². The monoisotopic (exact) mass is 186 g/mol. The van der Waals surface area contributed by atoms with E-state index in [1.807, 2.05) is 0 Å². The second-order valence-electron chi connectivity index (χ2n) is 3.97. The number of hydrogen-bond acceptors (Lipinski definition) is 1. The Bertz CT molecular complexity index is 140. The molecule has 0 N–H and O–H groups in total. The highest BCUT2D eigenvalue weighted by Crippen LogP contribution is 2.29. The molecule has 0 aromatic carbocycles. The van der Waals surface area contributed by atoms with E-state index < -0.39 is 0 Å². The van der Waals surface area contributed by atoms with Crippen molar-refractivity contribution in [2.45, 2.75) is 43.5 Å². The lowest BCUT2D eigenvalue weighted by Crippen LogP contribution is -2.37. The van der Waals surface area contributed by atoms with Crippen LogP contribution >= 0.6 is 11.6 Å². The molecule has 69 valence electrons. The number of nitrogens with zero attached hydrogens (tertiary/aromatic N) is 1. The van der Waals surface area contributed by atoms with Crippen LogP contribution in [-0.4, -0.2) is 29.4 Å². The van der Waals surface area contributed by atoms with Gasteiger partial charge in [0.25, 0.3) is 0 Å². The summed E-state index contributed by atoms with van der Waals surface area (Å²) < 4.78 is 0. The second kappa shape index (κ2) is 3.97. The van der Waals surface area contributed by atoms with E-state index >= 15 is 0 Å². The zero-order valence-corrected chi connectivity index (χ0v) is 8.26. The normalized spacial score (nSPS) is 38.8. The molecule has 0 amide bonds. The lowest BCUT2D eigenvalue weighted by molar-refractivity contribution is 0.184. The lowest BCUT2D eigenvalue weighted by Gasteiger charge is -2.31. The van der Waals surface area contributed by atoms with Gasteiger partial charge in [-0.05, 0) is 51.6 Å². The minimum atomic E-state index is 0.459. The van der Waals surface area contributed by atoms with Crippen molar-refractivity contribution in [1.29, 1.82) is 0 Å². The fourth-order valence-corrected chi connectivity index (χ4v) is 2.70. The van der Waals surface area contributed by atoms with E-state index in [0.29, 0.717) is 5.38 Å². The van der Waals surface area contributed by atoms with E-state index in [1.165, 1.54) is 45.2 Å². The maximum Gasteiger partial charge on any atom is 0.0351 e. The SMILES string of the molecule is ClC1CCC(N2CC[CH]CC2)C1. The minimum absolute atomic E-state index is 0.459. The summed E-state index contributed by atoms with van der Waals surface area (Å²) in [6, 6.07) is 0.807. The van der Waals surface area contributed by atoms with Gasteiger partial charge < -0.3 is 4.90 Å². The molecular formula is C10H17ClN. The van der Waals surface area contributed by atoms with Crippen LogP contribution in [0.5, 0.6) is 0 Å². The van der Waals surface area contributed by atoms with E-state index in [4.69, 9.17) is 11.6 Å². The maximum atomic E-state index is 6.09. The van der Waals surface area contributed by atoms with Gasteiger partial charge in [-0.25, -0.2) is 0 Å². The summed E-state index contributed by atoms with van der Waals surface area (Å²) in [5.41, 5.74) is 0. The van der Waals surface area contributed by atoms with Crippen LogP contribution in [0, 0.1) is 6.42 Å². The average Bonchev–Trinajstić information content (AvgIpc) is 2.54. The molecule has 0 aromatic rings. The van der Waals surface area contributed by atoms with Crippen molar-refractivity contribution in [2.24, 2.45) is 0 Å². The molecule has 0 bridgehead atoms. The minimum Gasteiger partial charge on any atom is -0.300 e. The van der Waals surface area contributed by atoms with Crippen LogP contribution in [0.15, 0.2) is 0 Å². The van der Waals surface area contributed by atoms with Crippen molar-refractivity contribution >= 4 is 11.6 Å². The average molecular weight is 187 g/mol. The topological polar surface area (TPSA) is 3.24 Å². The van der Waals surface area contributed by atoms with E-state index in [1.54, 1.807) is 0 Å². The molecule has 2 unspecified atom stereocenters. The fourth-order valence-electron chi connectivity index (χ4n) is 2.37. The van der Waals surface area contributed by atoms with Crippen LogP contribution in [-0.2, 0) is 0 Å². The molecule has 1 aliphatic heterocycles. The third kappa shape index (κ3) is 1.94. The Kier molecular flexibility index (Phi) is 2.92. The number of piperidine rings is 1. The third-order valence-corrected chi connectivity index (χ3v) is 3.49. The van der Waals surface area contributed by atoms with Crippen LogP contribution in [0.2, 0.25) is 0 Å². The van der Waals surface area contributed by atoms with Gasteiger partial charge in [-0.1, -0.05) is 0 Å². The summed E-state index contributed by atoms with van der Waals surface area (Å²) in [5.74, 6) is 0. The van der Waals surface area contributed by atoms with Gasteiger partial charge >= 0.3 is 0 Å². The molecule has 1 saturated heterocycles. The highest BCUT2D eigenvalue weighted by molar-refractivity contribution is 6.20. The van der Waals surface area contributed by atoms with Gasteiger partial charge in [0.15, 0.2) is 0 Å². The molecule has 0 spiro atoms. The van der Waals surface area contributed by atoms with Crippen molar-refractivity contribution in [2.75, 3.05) is 13.1 Å². The summed E-state index contributed by atoms with van der Waals surface area (Å²) in [7, 11) is 0. The van der Waals surface area contributed by atoms with Gasteiger partial charge in [0, 0.05) is 11.4 Å². The lowest BCUT2D eigenvalue weighted by atomic mass is 10.1. The smallest absolute Gasteiger partial charge is 0.0351 e. The molecule has 2 aliphatic rings. The molecule has 1 radical (unpaired) electrons. The Balaban J connectivity index is 1.83. The second-order valence-corrected chi connectivity index (χ2v) is 4.58. The number of rotatable bonds is 1. The number of hydrogen-bond donors (Lipinski definition) is 0. The largest absolute Gasteiger partial charge is 0.300 e. The van der Waals surface area contributed by atoms with Crippen LogP contribution in [0.4, 0.5) is 0 Å². The highest BCUT2D eigenvalue weighted by atomic mass is 35.5. The first kappa shape index (κ1) is 8.83. The van der Waals surface area contributed by atoms with Gasteiger partial charge in [0.05, 0.1) is 0 Å². The highest BCUT2D eigenvalue weighted by Gasteiger charge is 2.28. The Morgan fingerprint density at radius 1 is 1.17 bits per heavy atom. The van der Waals surface area contributed by atoms with Crippen molar-refractivity contribution < 1.29 is 0 Å². The Labute approximate surface area is 80.1 Å². The maximum absolute atomic E-state index is 6.09. The predicted octanol–water partition coefficient (Wildman–Crippen LogP) is 2.45. The van der Waals surface area contributed by atoms with Crippen molar-refractivity contribution in [3.8, 4) is 0 Å². The third-order valence-electron chi connectivity index (χ3n) is 3.10. The van der Waals surface area contributed by atoms with Crippen molar-refractivity contribution in [3.63, 3.8) is 0 Å². The molecule has 1 heterocycles. The Morgan fingerprint density at radius 3 is 2.50 bits per heavy atom. The standard InChI is InChI=1S/C10H17ClN/c11-9-4-5-10(8-9)12-6-2-1-3-7-12/h1,9-10H,2-8H2. The summed E-state index contributed by atoms with van der Waals surface area (Å²) in [5, 5.41) is 0.459. The van der Waals surface area contributed by atoms with Crippen LogP contribution in [0.1, 0.15) is 32.1 Å². The molecule has 1 saturated carbocycles. The first-order chi connectivity index (χ1) is 5.86. The number of alkyl halides is 1. The van der Waals surface area contributed by atoms with E-state index in [0.717, 1.165) is 6.04 Å². The van der Waals surface area contributed by atoms with Gasteiger partial charge in [0.2, 0.25) is 0 Å². The zero-order chi connectivity index (χ0) is 8.39. The van der Waals surface area contributed by atoms with Crippen LogP contribution < -0.4 is 0 Å². The summed E-state index contributed by atoms with van der Waals surface area (Å²) in [4.78, 5) is 2.63. The summed E-state index contributed by atoms with van der Waals surface area (Å²) in [6.07, 6.45) is 8.75. The van der Waals surface area contributed by atoms with E-state index in [-0.39, 0.29) is 0 Å². The predicted molar refractivity (Wildman–Crippen MR) is 52.4 cm³/mol. The zero-order valence-electron chi connectivity index (χ0n) is 7.51. The van der Waals surface area contributed by atoms with Gasteiger partial charge in [-0.15, -0.1) is 11.6 Å². The molecular weight excluding hydrogens is 170 g/mol. The molecule has 2 heteroatoms. The molecule has 2 atom stereocenters. The fraction of sp³-hybridized carbons (Fsp3) is 0.900. The van der Waals surface area contributed by atoms with Crippen molar-refractivity contribution in [3.05, 3.63) is 6.42 Å². The molecule has 2 rings (SSSR count). The number of halogens is 1. The molecule has 2 fully saturated rings. The van der Waals surface area contributed by atoms with Crippen molar-refractivity contribution in [1.82, 2.24) is 4.90 Å². The summed E-state index contributed by atoms with van der Waals surface area (Å²) in [6.45, 7) is 2.54. The molecule has 1 nitrogen and oxygen atoms in total. The quantitative estimate of drug-likeness (QED) is 0.569. The Hall–Kier alpha value is 0.250. The molecule has 0 aromatic heterocycles.